The molecule has 35 heavy (non-hydrogen) atoms. The van der Waals surface area contributed by atoms with Gasteiger partial charge in [-0.1, -0.05) is 0 Å². The molecule has 2 saturated heterocycles. The summed E-state index contributed by atoms with van der Waals surface area (Å²) >= 11 is 0. The van der Waals surface area contributed by atoms with Crippen LogP contribution in [0.15, 0.2) is 12.4 Å². The number of carbonyl (C=O) groups is 1. The number of fused-ring (bicyclic) bond motifs is 1. The van der Waals surface area contributed by atoms with Gasteiger partial charge >= 0.3 is 0 Å². The first kappa shape index (κ1) is 23.7. The van der Waals surface area contributed by atoms with Gasteiger partial charge in [-0.15, -0.1) is 0 Å². The minimum atomic E-state index is -0.891. The Kier molecular flexibility index (Phi) is 5.79. The summed E-state index contributed by atoms with van der Waals surface area (Å²) in [5, 5.41) is 0. The molecule has 11 nitrogen and oxygen atoms in total. The van der Waals surface area contributed by atoms with E-state index >= 15 is 0 Å². The molecule has 1 amide bonds. The summed E-state index contributed by atoms with van der Waals surface area (Å²) < 4.78 is 5.65. The number of likely N-dealkylation sites (tertiary alicyclic amines) is 1. The number of nitrogens with two attached hydrogens (primary N) is 2. The van der Waals surface area contributed by atoms with Crippen molar-refractivity contribution in [2.45, 2.75) is 57.7 Å². The van der Waals surface area contributed by atoms with Gasteiger partial charge in [0, 0.05) is 49.7 Å². The lowest BCUT2D eigenvalue weighted by Gasteiger charge is -2.38. The number of carbonyl (C=O) groups excluding carboxylic acids is 1. The van der Waals surface area contributed by atoms with E-state index in [1.165, 1.54) is 0 Å². The smallest absolute Gasteiger partial charge is 0.242 e. The van der Waals surface area contributed by atoms with Crippen LogP contribution in [0, 0.1) is 0 Å². The maximum atomic E-state index is 12.9. The number of rotatable bonds is 4. The number of hydrogen-bond donors (Lipinski definition) is 2. The molecule has 188 valence electrons. The van der Waals surface area contributed by atoms with Gasteiger partial charge in [0.2, 0.25) is 17.8 Å². The first-order valence-electron chi connectivity index (χ1n) is 12.3. The molecule has 0 unspecified atom stereocenters. The van der Waals surface area contributed by atoms with E-state index in [0.29, 0.717) is 32.3 Å². The largest absolute Gasteiger partial charge is 0.377 e. The molecule has 2 atom stereocenters. The van der Waals surface area contributed by atoms with Crippen molar-refractivity contribution in [3.63, 3.8) is 0 Å². The molecular weight excluding hydrogens is 446 g/mol. The van der Waals surface area contributed by atoms with Crippen molar-refractivity contribution < 1.29 is 9.53 Å². The second kappa shape index (κ2) is 8.56. The van der Waals surface area contributed by atoms with E-state index in [9.17, 15) is 4.79 Å². The van der Waals surface area contributed by atoms with Gasteiger partial charge < -0.3 is 30.9 Å². The molecule has 11 heteroatoms. The third kappa shape index (κ3) is 4.27. The predicted molar refractivity (Wildman–Crippen MR) is 134 cm³/mol. The minimum Gasteiger partial charge on any atom is -0.377 e. The summed E-state index contributed by atoms with van der Waals surface area (Å²) in [6, 6.07) is 0.161. The molecule has 0 aliphatic carbocycles. The highest BCUT2D eigenvalue weighted by Gasteiger charge is 2.46. The monoisotopic (exact) mass is 481 g/mol. The van der Waals surface area contributed by atoms with E-state index in [4.69, 9.17) is 26.2 Å². The third-order valence-electron chi connectivity index (χ3n) is 7.33. The van der Waals surface area contributed by atoms with Crippen LogP contribution in [0.4, 0.5) is 17.7 Å². The predicted octanol–water partition coefficient (Wildman–Crippen LogP) is 0.832. The highest BCUT2D eigenvalue weighted by molar-refractivity contribution is 5.85. The summed E-state index contributed by atoms with van der Waals surface area (Å²) in [6.45, 7) is 12.0. The van der Waals surface area contributed by atoms with E-state index in [1.807, 2.05) is 4.90 Å². The summed E-state index contributed by atoms with van der Waals surface area (Å²) in [5.74, 6) is 1.81. The van der Waals surface area contributed by atoms with Gasteiger partial charge in [-0.05, 0) is 40.5 Å². The molecule has 5 heterocycles. The van der Waals surface area contributed by atoms with Gasteiger partial charge in [0.05, 0.1) is 36.0 Å². The van der Waals surface area contributed by atoms with Crippen LogP contribution >= 0.6 is 0 Å². The van der Waals surface area contributed by atoms with Crippen molar-refractivity contribution in [2.24, 2.45) is 5.73 Å². The lowest BCUT2D eigenvalue weighted by Crippen LogP contribution is -2.53. The van der Waals surface area contributed by atoms with Crippen molar-refractivity contribution in [1.82, 2.24) is 24.8 Å². The molecule has 3 aliphatic rings. The van der Waals surface area contributed by atoms with Gasteiger partial charge in [0.15, 0.2) is 0 Å². The molecule has 2 fully saturated rings. The van der Waals surface area contributed by atoms with Crippen LogP contribution in [0.5, 0.6) is 0 Å². The first-order valence-corrected chi connectivity index (χ1v) is 12.3. The molecule has 0 radical (unpaired) electrons. The topological polar surface area (TPSA) is 140 Å². The van der Waals surface area contributed by atoms with E-state index in [2.05, 4.69) is 33.6 Å². The fourth-order valence-electron chi connectivity index (χ4n) is 5.37. The first-order chi connectivity index (χ1) is 16.6. The highest BCUT2D eigenvalue weighted by Crippen LogP contribution is 2.41. The zero-order valence-corrected chi connectivity index (χ0v) is 21.0. The fourth-order valence-corrected chi connectivity index (χ4v) is 5.37. The number of aromatic nitrogens is 4. The average Bonchev–Trinajstić information content (AvgIpc) is 3.43. The lowest BCUT2D eigenvalue weighted by atomic mass is 9.99. The molecule has 0 spiro atoms. The standard InChI is InChI=1S/C24H35N9O2/c1-15-13-35-10-9-32(15)22-29-18(16-11-27-21(25)28-12-16)17-5-7-33(19(17)30-22)24(4)6-8-31(14-24)20(34)23(2,3)26/h11-12,15H,5-10,13-14,26H2,1-4H3,(H2,25,27,28)/t15-,24+/m1/s1. The number of ether oxygens (including phenoxy) is 1. The minimum absolute atomic E-state index is 0.0223. The van der Waals surface area contributed by atoms with Crippen molar-refractivity contribution in [3.05, 3.63) is 18.0 Å². The van der Waals surface area contributed by atoms with E-state index < -0.39 is 5.54 Å². The zero-order chi connectivity index (χ0) is 25.0. The number of nitrogens with zero attached hydrogens (tertiary/aromatic N) is 7. The van der Waals surface area contributed by atoms with Crippen LogP contribution in [0.3, 0.4) is 0 Å². The van der Waals surface area contributed by atoms with Crippen molar-refractivity contribution in [1.29, 1.82) is 0 Å². The van der Waals surface area contributed by atoms with Gasteiger partial charge in [-0.2, -0.15) is 4.98 Å². The molecule has 0 bridgehead atoms. The fraction of sp³-hybridized carbons (Fsp3) is 0.625. The van der Waals surface area contributed by atoms with Crippen molar-refractivity contribution in [2.75, 3.05) is 54.9 Å². The van der Waals surface area contributed by atoms with Crippen LogP contribution in [0.25, 0.3) is 11.3 Å². The van der Waals surface area contributed by atoms with Crippen LogP contribution in [0.2, 0.25) is 0 Å². The summed E-state index contributed by atoms with van der Waals surface area (Å²) in [5.41, 5.74) is 13.5. The van der Waals surface area contributed by atoms with Gasteiger partial charge in [0.1, 0.15) is 5.82 Å². The second-order valence-corrected chi connectivity index (χ2v) is 10.7. The molecule has 0 saturated carbocycles. The SMILES string of the molecule is C[C@@H]1COCCN1c1nc(-c2cnc(N)nc2)c2c(n1)N([C@@]1(C)CCN(C(=O)C(C)(C)N)C1)CC2. The Hall–Kier alpha value is -3.05. The summed E-state index contributed by atoms with van der Waals surface area (Å²) in [7, 11) is 0. The highest BCUT2D eigenvalue weighted by atomic mass is 16.5. The molecule has 2 aromatic heterocycles. The Morgan fingerprint density at radius 2 is 1.94 bits per heavy atom. The van der Waals surface area contributed by atoms with Gasteiger partial charge in [0.25, 0.3) is 0 Å². The molecule has 2 aromatic rings. The number of morpholine rings is 1. The van der Waals surface area contributed by atoms with E-state index in [1.54, 1.807) is 26.2 Å². The van der Waals surface area contributed by atoms with Crippen LogP contribution in [0.1, 0.15) is 39.7 Å². The van der Waals surface area contributed by atoms with Crippen molar-refractivity contribution in [3.8, 4) is 11.3 Å². The second-order valence-electron chi connectivity index (χ2n) is 10.7. The van der Waals surface area contributed by atoms with Crippen LogP contribution in [-0.2, 0) is 16.0 Å². The van der Waals surface area contributed by atoms with E-state index in [0.717, 1.165) is 48.6 Å². The summed E-state index contributed by atoms with van der Waals surface area (Å²) in [6.07, 6.45) is 5.10. The number of amides is 1. The quantitative estimate of drug-likeness (QED) is 0.645. The van der Waals surface area contributed by atoms with Gasteiger partial charge in [-0.3, -0.25) is 4.79 Å². The third-order valence-corrected chi connectivity index (χ3v) is 7.33. The maximum Gasteiger partial charge on any atom is 0.242 e. The molecule has 4 N–H and O–H groups in total. The Labute approximate surface area is 205 Å². The zero-order valence-electron chi connectivity index (χ0n) is 21.0. The van der Waals surface area contributed by atoms with Crippen LogP contribution in [-0.4, -0.2) is 87.3 Å². The summed E-state index contributed by atoms with van der Waals surface area (Å²) in [4.78, 5) is 37.9. The Balaban J connectivity index is 1.55. The maximum absolute atomic E-state index is 12.9. The molecule has 0 aromatic carbocycles. The molecule has 3 aliphatic heterocycles. The number of anilines is 3. The molecule has 5 rings (SSSR count). The van der Waals surface area contributed by atoms with Crippen molar-refractivity contribution >= 4 is 23.6 Å². The Morgan fingerprint density at radius 1 is 1.20 bits per heavy atom. The average molecular weight is 482 g/mol. The molecular formula is C24H35N9O2. The lowest BCUT2D eigenvalue weighted by molar-refractivity contribution is -0.134. The van der Waals surface area contributed by atoms with Crippen LogP contribution < -0.4 is 21.3 Å². The Bertz CT molecular complexity index is 1120. The van der Waals surface area contributed by atoms with Gasteiger partial charge in [-0.25, -0.2) is 15.0 Å². The normalized spacial score (nSPS) is 24.7. The van der Waals surface area contributed by atoms with E-state index in [-0.39, 0.29) is 23.4 Å². The Morgan fingerprint density at radius 3 is 2.63 bits per heavy atom. The number of hydrogen-bond acceptors (Lipinski definition) is 10. The number of nitrogen functional groups attached to an aromatic ring is 1.